The van der Waals surface area contributed by atoms with E-state index in [2.05, 4.69) is 10.6 Å². The molecular weight excluding hydrogens is 1310 g/mol. The zero-order valence-electron chi connectivity index (χ0n) is 50.4. The van der Waals surface area contributed by atoms with Gasteiger partial charge in [0.25, 0.3) is 0 Å². The normalized spacial score (nSPS) is 50.8. The van der Waals surface area contributed by atoms with Gasteiger partial charge in [0.2, 0.25) is 11.8 Å². The quantitative estimate of drug-likeness (QED) is 0.0427. The lowest BCUT2D eigenvalue weighted by Crippen LogP contribution is -2.71. The topological polar surface area (TPSA) is 682 Å². The Bertz CT molecular complexity index is 2380. The lowest BCUT2D eigenvalue weighted by Gasteiger charge is -2.51. The van der Waals surface area contributed by atoms with Crippen molar-refractivity contribution in [2.75, 3.05) is 52.9 Å². The van der Waals surface area contributed by atoms with Gasteiger partial charge in [-0.05, 0) is 0 Å². The lowest BCUT2D eigenvalue weighted by molar-refractivity contribution is -0.407. The van der Waals surface area contributed by atoms with E-state index in [0.717, 1.165) is 13.8 Å². The van der Waals surface area contributed by atoms with Crippen molar-refractivity contribution in [3.8, 4) is 0 Å². The number of amides is 2. The van der Waals surface area contributed by atoms with Gasteiger partial charge in [0.15, 0.2) is 50.3 Å². The highest BCUT2D eigenvalue weighted by Crippen LogP contribution is 2.40. The number of carbonyl (C=O) groups excluding carboxylic acids is 2. The summed E-state index contributed by atoms with van der Waals surface area (Å²) < 4.78 is 87.3. The summed E-state index contributed by atoms with van der Waals surface area (Å²) in [6.07, 6.45) is -78.6. The Kier molecular flexibility index (Phi) is 27.9. The standard InChI is InChI=1S/C52H88N2O41/c1-11(63)53-21-39(28(70)18(8-60)81-45(21)80)90-50-42(32(74)25(67)15(5-57)85-50)94-48-37(79)35(77)38(20(10-62)88-48)89-49-41(31(73)24(66)14(4-56)84-49)92-46-22(54-12(2)64)40(29(71)19(9-61)82-46)91-51-44(34(76)27(69)16(6-58)86-51)95-52-43(33(75)26(68)17(7-59)87-52)93-47-36(78)30(72)23(65)13(3-55)83-47/h13-52,55-62,65-80H,3-10H2,1-2H3,(H,53,63)(H,54,64)/t13-,14-,15-,16-,17-,18-,19-,20-,21-,22-,23-,24-,25-,26-,27-,28+,29+,30+,31+,32+,33+,34+,35-,36+,37+,38-,39+,40-,41+,42+,43+,44+,45+,46-,47-,48-,49-,50+,51+,52-/m1/s1. The van der Waals surface area contributed by atoms with E-state index in [0.29, 0.717) is 0 Å². The van der Waals surface area contributed by atoms with Crippen molar-refractivity contribution in [3.05, 3.63) is 0 Å². The van der Waals surface area contributed by atoms with Crippen LogP contribution in [0.25, 0.3) is 0 Å². The highest BCUT2D eigenvalue weighted by Gasteiger charge is 2.60. The van der Waals surface area contributed by atoms with Gasteiger partial charge >= 0.3 is 0 Å². The minimum Gasteiger partial charge on any atom is -0.394 e. The molecule has 43 heteroatoms. The third kappa shape index (κ3) is 16.7. The minimum atomic E-state index is -2.40. The van der Waals surface area contributed by atoms with Gasteiger partial charge in [0, 0.05) is 13.8 Å². The second kappa shape index (κ2) is 33.9. The highest BCUT2D eigenvalue weighted by molar-refractivity contribution is 5.73. The van der Waals surface area contributed by atoms with Crippen molar-refractivity contribution in [3.63, 3.8) is 0 Å². The molecule has 0 bridgehead atoms. The average Bonchev–Trinajstić information content (AvgIpc) is 0.776. The Morgan fingerprint density at radius 2 is 0.484 bits per heavy atom. The van der Waals surface area contributed by atoms with Crippen LogP contribution in [0.5, 0.6) is 0 Å². The second-order valence-electron chi connectivity index (χ2n) is 23.8. The van der Waals surface area contributed by atoms with Crippen LogP contribution in [0, 0.1) is 0 Å². The van der Waals surface area contributed by atoms with Crippen molar-refractivity contribution in [2.24, 2.45) is 0 Å². The molecule has 0 spiro atoms. The van der Waals surface area contributed by atoms with Crippen LogP contribution in [-0.2, 0) is 80.6 Å². The van der Waals surface area contributed by atoms with Crippen LogP contribution in [0.4, 0.5) is 0 Å². The molecule has 40 atom stereocenters. The molecule has 95 heavy (non-hydrogen) atoms. The maximum atomic E-state index is 13.2. The van der Waals surface area contributed by atoms with Crippen LogP contribution in [0.2, 0.25) is 0 Å². The molecule has 2 amide bonds. The highest BCUT2D eigenvalue weighted by atomic mass is 16.8. The Hall–Kier alpha value is -2.62. The maximum Gasteiger partial charge on any atom is 0.217 e. The molecule has 0 unspecified atom stereocenters. The summed E-state index contributed by atoms with van der Waals surface area (Å²) in [6.45, 7) is -6.57. The second-order valence-corrected chi connectivity index (χ2v) is 23.8. The van der Waals surface area contributed by atoms with Crippen LogP contribution in [-0.4, -0.2) is 433 Å². The first-order valence-corrected chi connectivity index (χ1v) is 30.2. The number of hydrogen-bond donors (Lipinski definition) is 26. The fourth-order valence-electron chi connectivity index (χ4n) is 12.2. The van der Waals surface area contributed by atoms with Gasteiger partial charge in [0.1, 0.15) is 195 Å². The molecule has 8 heterocycles. The van der Waals surface area contributed by atoms with Gasteiger partial charge in [-0.25, -0.2) is 0 Å². The minimum absolute atomic E-state index is 0.793. The SMILES string of the molecule is CC(=O)N[C@@H]1[C@H](O[C@@H]2O[C@H](CO)[C@@H](O)[C@H](O)[C@@H]2O[C@H]2O[C@H](CO)[C@@H](O[C@H]3O[C@H](CO)[C@@H](O)[C@H](O)[C@@H]3O[C@H]3O[C@H](CO)[C@H](O)[C@H](O[C@@H]4O[C@H](CO)[C@@H](O)[C@H](O)[C@@H]4O[C@H]4O[C@H](CO)[C@@H](O)[C@H](O)[C@@H]4O[C@H]4O[C@H](CO)[C@@H](O)[C@H](O)[C@@H]4O)[C@H]3NC(C)=O)[C@H](O)[C@@H]2O)[C@@H](O)[C@@H](CO)O[C@@H]1O. The largest absolute Gasteiger partial charge is 0.394 e. The molecule has 0 radical (unpaired) electrons. The van der Waals surface area contributed by atoms with Gasteiger partial charge in [-0.1, -0.05) is 0 Å². The molecule has 8 fully saturated rings. The van der Waals surface area contributed by atoms with Crippen molar-refractivity contribution in [1.29, 1.82) is 0 Å². The van der Waals surface area contributed by atoms with E-state index in [1.54, 1.807) is 0 Å². The van der Waals surface area contributed by atoms with E-state index in [1.807, 2.05) is 0 Å². The van der Waals surface area contributed by atoms with E-state index < -0.39 is 310 Å². The number of nitrogens with one attached hydrogen (secondary N) is 2. The molecule has 0 aromatic heterocycles. The van der Waals surface area contributed by atoms with Gasteiger partial charge in [-0.2, -0.15) is 0 Å². The maximum absolute atomic E-state index is 13.2. The Morgan fingerprint density at radius 3 is 0.842 bits per heavy atom. The molecule has 43 nitrogen and oxygen atoms in total. The number of hydrogen-bond acceptors (Lipinski definition) is 41. The van der Waals surface area contributed by atoms with Crippen LogP contribution >= 0.6 is 0 Å². The molecule has 0 aromatic rings. The smallest absolute Gasteiger partial charge is 0.217 e. The fraction of sp³-hybridized carbons (Fsp3) is 0.962. The first-order chi connectivity index (χ1) is 45.0. The van der Waals surface area contributed by atoms with E-state index in [4.69, 9.17) is 71.1 Å². The van der Waals surface area contributed by atoms with Crippen LogP contribution in [0.3, 0.4) is 0 Å². The molecule has 0 saturated carbocycles. The number of aliphatic hydroxyl groups excluding tert-OH is 24. The lowest BCUT2D eigenvalue weighted by atomic mass is 9.94. The van der Waals surface area contributed by atoms with E-state index in [9.17, 15) is 132 Å². The first kappa shape index (κ1) is 78.1. The summed E-state index contributed by atoms with van der Waals surface area (Å²) >= 11 is 0. The summed E-state index contributed by atoms with van der Waals surface area (Å²) in [6, 6.07) is -3.65. The summed E-state index contributed by atoms with van der Waals surface area (Å²) in [7, 11) is 0. The van der Waals surface area contributed by atoms with Gasteiger partial charge in [-0.3, -0.25) is 9.59 Å². The Morgan fingerprint density at radius 1 is 0.253 bits per heavy atom. The first-order valence-electron chi connectivity index (χ1n) is 30.2. The molecule has 8 saturated heterocycles. The number of carbonyl (C=O) groups is 2. The van der Waals surface area contributed by atoms with E-state index in [-0.39, 0.29) is 0 Å². The average molecular weight is 1400 g/mol. The molecule has 8 rings (SSSR count). The van der Waals surface area contributed by atoms with E-state index >= 15 is 0 Å². The third-order valence-electron chi connectivity index (χ3n) is 17.5. The fourth-order valence-corrected chi connectivity index (χ4v) is 12.2. The van der Waals surface area contributed by atoms with Crippen molar-refractivity contribution >= 4 is 11.8 Å². The Balaban J connectivity index is 1.06. The number of rotatable bonds is 24. The van der Waals surface area contributed by atoms with Crippen LogP contribution < -0.4 is 10.6 Å². The van der Waals surface area contributed by atoms with Gasteiger partial charge in [0.05, 0.1) is 52.9 Å². The number of aliphatic hydroxyl groups is 24. The summed E-state index contributed by atoms with van der Waals surface area (Å²) in [5.74, 6) is -1.79. The van der Waals surface area contributed by atoms with Crippen molar-refractivity contribution < 1.29 is 203 Å². The summed E-state index contributed by atoms with van der Waals surface area (Å²) in [5.41, 5.74) is 0. The molecule has 552 valence electrons. The van der Waals surface area contributed by atoms with E-state index in [1.165, 1.54) is 0 Å². The van der Waals surface area contributed by atoms with Gasteiger partial charge < -0.3 is 204 Å². The van der Waals surface area contributed by atoms with Crippen molar-refractivity contribution in [2.45, 2.75) is 259 Å². The predicted octanol–water partition coefficient (Wildman–Crippen LogP) is -18.2. The number of ether oxygens (including phenoxy) is 15. The summed E-state index contributed by atoms with van der Waals surface area (Å²) in [5, 5.41) is 266. The summed E-state index contributed by atoms with van der Waals surface area (Å²) in [4.78, 5) is 25.3. The van der Waals surface area contributed by atoms with Crippen LogP contribution in [0.15, 0.2) is 0 Å². The third-order valence-corrected chi connectivity index (χ3v) is 17.5. The molecular formula is C52H88N2O41. The van der Waals surface area contributed by atoms with Crippen molar-refractivity contribution in [1.82, 2.24) is 10.6 Å². The van der Waals surface area contributed by atoms with Gasteiger partial charge in [-0.15, -0.1) is 0 Å². The molecule has 26 N–H and O–H groups in total. The molecule has 0 aliphatic carbocycles. The predicted molar refractivity (Wildman–Crippen MR) is 288 cm³/mol. The monoisotopic (exact) mass is 1400 g/mol. The molecule has 8 aliphatic rings. The zero-order valence-corrected chi connectivity index (χ0v) is 50.4. The Labute approximate surface area is 536 Å². The van der Waals surface area contributed by atoms with Crippen LogP contribution in [0.1, 0.15) is 13.8 Å². The zero-order chi connectivity index (χ0) is 69.9. The molecule has 8 aliphatic heterocycles. The molecule has 0 aromatic carbocycles.